The standard InChI is InChI=1S/C15H15ClF2O/c1-4-6-15(16)14(5-2)10(3)19-13-8-11(17)7-12(18)9-13/h4,6-9H,3,5H2,1-2H3/b6-4-,15-14+. The first kappa shape index (κ1) is 15.4. The van der Waals surface area contributed by atoms with E-state index in [4.69, 9.17) is 16.3 Å². The minimum Gasteiger partial charge on any atom is -0.457 e. The Morgan fingerprint density at radius 3 is 2.37 bits per heavy atom. The molecule has 0 spiro atoms. The maximum Gasteiger partial charge on any atom is 0.133 e. The van der Waals surface area contributed by atoms with Gasteiger partial charge in [-0.15, -0.1) is 0 Å². The van der Waals surface area contributed by atoms with Crippen molar-refractivity contribution in [3.8, 4) is 5.75 Å². The number of rotatable bonds is 5. The van der Waals surface area contributed by atoms with Crippen LogP contribution in [-0.4, -0.2) is 0 Å². The largest absolute Gasteiger partial charge is 0.457 e. The molecule has 0 N–H and O–H groups in total. The molecular formula is C15H15ClF2O. The van der Waals surface area contributed by atoms with Gasteiger partial charge in [0.1, 0.15) is 23.1 Å². The summed E-state index contributed by atoms with van der Waals surface area (Å²) in [5.74, 6) is -1.08. The average Bonchev–Trinajstić information content (AvgIpc) is 2.28. The van der Waals surface area contributed by atoms with Crippen LogP contribution < -0.4 is 4.74 Å². The fraction of sp³-hybridized carbons (Fsp3) is 0.200. The molecule has 1 nitrogen and oxygen atoms in total. The third kappa shape index (κ3) is 4.52. The van der Waals surface area contributed by atoms with Gasteiger partial charge in [-0.25, -0.2) is 8.78 Å². The lowest BCUT2D eigenvalue weighted by Crippen LogP contribution is -1.99. The number of allylic oxidation sites excluding steroid dienone is 4. The normalized spacial score (nSPS) is 12.5. The summed E-state index contributed by atoms with van der Waals surface area (Å²) in [7, 11) is 0. The van der Waals surface area contributed by atoms with E-state index in [0.29, 0.717) is 17.0 Å². The maximum absolute atomic E-state index is 13.0. The van der Waals surface area contributed by atoms with E-state index in [1.54, 1.807) is 12.2 Å². The van der Waals surface area contributed by atoms with E-state index >= 15 is 0 Å². The van der Waals surface area contributed by atoms with Crippen molar-refractivity contribution in [1.82, 2.24) is 0 Å². The second-order valence-electron chi connectivity index (χ2n) is 3.81. The molecule has 0 aliphatic carbocycles. The Morgan fingerprint density at radius 1 is 1.32 bits per heavy atom. The molecule has 1 rings (SSSR count). The highest BCUT2D eigenvalue weighted by Crippen LogP contribution is 2.25. The van der Waals surface area contributed by atoms with E-state index in [-0.39, 0.29) is 11.5 Å². The van der Waals surface area contributed by atoms with Crippen molar-refractivity contribution in [3.05, 3.63) is 64.9 Å². The number of halogens is 3. The van der Waals surface area contributed by atoms with Gasteiger partial charge < -0.3 is 4.74 Å². The zero-order valence-corrected chi connectivity index (χ0v) is 11.6. The second-order valence-corrected chi connectivity index (χ2v) is 4.22. The summed E-state index contributed by atoms with van der Waals surface area (Å²) in [6, 6.07) is 2.95. The third-order valence-electron chi connectivity index (χ3n) is 2.37. The van der Waals surface area contributed by atoms with E-state index < -0.39 is 11.6 Å². The van der Waals surface area contributed by atoms with Gasteiger partial charge in [0.25, 0.3) is 0 Å². The van der Waals surface area contributed by atoms with Crippen LogP contribution in [0.5, 0.6) is 5.75 Å². The van der Waals surface area contributed by atoms with Crippen LogP contribution in [0.3, 0.4) is 0 Å². The Morgan fingerprint density at radius 2 is 1.89 bits per heavy atom. The summed E-state index contributed by atoms with van der Waals surface area (Å²) in [5, 5.41) is 0.492. The van der Waals surface area contributed by atoms with Crippen LogP contribution in [0.1, 0.15) is 20.3 Å². The van der Waals surface area contributed by atoms with Gasteiger partial charge in [0.15, 0.2) is 0 Å². The highest BCUT2D eigenvalue weighted by atomic mass is 35.5. The average molecular weight is 285 g/mol. The van der Waals surface area contributed by atoms with E-state index in [1.807, 2.05) is 13.8 Å². The van der Waals surface area contributed by atoms with Crippen LogP contribution in [0, 0.1) is 11.6 Å². The second kappa shape index (κ2) is 7.10. The van der Waals surface area contributed by atoms with Gasteiger partial charge in [-0.1, -0.05) is 31.2 Å². The Bertz CT molecular complexity index is 513. The molecule has 4 heteroatoms. The van der Waals surface area contributed by atoms with Gasteiger partial charge in [0, 0.05) is 28.8 Å². The van der Waals surface area contributed by atoms with Gasteiger partial charge in [-0.2, -0.15) is 0 Å². The van der Waals surface area contributed by atoms with Gasteiger partial charge in [-0.3, -0.25) is 0 Å². The molecule has 0 saturated carbocycles. The van der Waals surface area contributed by atoms with E-state index in [9.17, 15) is 8.78 Å². The lowest BCUT2D eigenvalue weighted by molar-refractivity contribution is 0.426. The first-order valence-corrected chi connectivity index (χ1v) is 6.20. The Labute approximate surface area is 116 Å². The first-order chi connectivity index (χ1) is 8.97. The highest BCUT2D eigenvalue weighted by molar-refractivity contribution is 6.31. The number of ether oxygens (including phenoxy) is 1. The van der Waals surface area contributed by atoms with Gasteiger partial charge in [0.05, 0.1) is 0 Å². The molecule has 0 aliphatic heterocycles. The fourth-order valence-electron chi connectivity index (χ4n) is 1.54. The van der Waals surface area contributed by atoms with Gasteiger partial charge in [0.2, 0.25) is 0 Å². The quantitative estimate of drug-likeness (QED) is 0.524. The van der Waals surface area contributed by atoms with Crippen LogP contribution in [0.2, 0.25) is 0 Å². The summed E-state index contributed by atoms with van der Waals surface area (Å²) < 4.78 is 31.4. The van der Waals surface area contributed by atoms with Crippen molar-refractivity contribution in [3.63, 3.8) is 0 Å². The SMILES string of the molecule is C=C(Oc1cc(F)cc(F)c1)/C(CC)=C(Cl)\C=C/C. The van der Waals surface area contributed by atoms with Crippen molar-refractivity contribution in [2.24, 2.45) is 0 Å². The molecule has 0 atom stereocenters. The molecule has 19 heavy (non-hydrogen) atoms. The highest BCUT2D eigenvalue weighted by Gasteiger charge is 2.09. The molecule has 0 bridgehead atoms. The molecule has 0 heterocycles. The summed E-state index contributed by atoms with van der Waals surface area (Å²) in [5.41, 5.74) is 0.685. The Hall–Kier alpha value is -1.61. The minimum absolute atomic E-state index is 0.0541. The van der Waals surface area contributed by atoms with Crippen molar-refractivity contribution in [1.29, 1.82) is 0 Å². The Kier molecular flexibility index (Phi) is 5.77. The molecule has 102 valence electrons. The summed E-state index contributed by atoms with van der Waals surface area (Å²) in [4.78, 5) is 0. The van der Waals surface area contributed by atoms with Gasteiger partial charge >= 0.3 is 0 Å². The molecule has 0 unspecified atom stereocenters. The number of hydrogen-bond acceptors (Lipinski definition) is 1. The topological polar surface area (TPSA) is 9.23 Å². The zero-order valence-electron chi connectivity index (χ0n) is 10.8. The molecule has 1 aromatic rings. The third-order valence-corrected chi connectivity index (χ3v) is 2.72. The van der Waals surface area contributed by atoms with Crippen molar-refractivity contribution in [2.45, 2.75) is 20.3 Å². The molecule has 0 amide bonds. The van der Waals surface area contributed by atoms with E-state index in [0.717, 1.165) is 18.2 Å². The molecule has 0 aliphatic rings. The maximum atomic E-state index is 13.0. The number of benzene rings is 1. The van der Waals surface area contributed by atoms with Crippen LogP contribution in [0.4, 0.5) is 8.78 Å². The summed E-state index contributed by atoms with van der Waals surface area (Å²) in [6.45, 7) is 7.47. The van der Waals surface area contributed by atoms with Crippen molar-refractivity contribution < 1.29 is 13.5 Å². The molecule has 0 aromatic heterocycles. The monoisotopic (exact) mass is 284 g/mol. The summed E-state index contributed by atoms with van der Waals surface area (Å²) in [6.07, 6.45) is 4.09. The molecule has 0 saturated heterocycles. The molecular weight excluding hydrogens is 270 g/mol. The lowest BCUT2D eigenvalue weighted by Gasteiger charge is -2.12. The van der Waals surface area contributed by atoms with Crippen LogP contribution in [0.15, 0.2) is 53.3 Å². The molecule has 1 aromatic carbocycles. The first-order valence-electron chi connectivity index (χ1n) is 5.82. The van der Waals surface area contributed by atoms with Crippen molar-refractivity contribution in [2.75, 3.05) is 0 Å². The predicted molar refractivity (Wildman–Crippen MR) is 74.1 cm³/mol. The van der Waals surface area contributed by atoms with E-state index in [1.165, 1.54) is 0 Å². The predicted octanol–water partition coefficient (Wildman–Crippen LogP) is 5.34. The van der Waals surface area contributed by atoms with Crippen molar-refractivity contribution >= 4 is 11.6 Å². The number of hydrogen-bond donors (Lipinski definition) is 0. The molecule has 0 fully saturated rings. The van der Waals surface area contributed by atoms with Gasteiger partial charge in [-0.05, 0) is 19.4 Å². The van der Waals surface area contributed by atoms with E-state index in [2.05, 4.69) is 6.58 Å². The minimum atomic E-state index is -0.704. The smallest absolute Gasteiger partial charge is 0.133 e. The lowest BCUT2D eigenvalue weighted by atomic mass is 10.1. The zero-order chi connectivity index (χ0) is 14.4. The van der Waals surface area contributed by atoms with Crippen LogP contribution in [0.25, 0.3) is 0 Å². The van der Waals surface area contributed by atoms with Crippen LogP contribution >= 0.6 is 11.6 Å². The Balaban J connectivity index is 2.98. The van der Waals surface area contributed by atoms with Crippen LogP contribution in [-0.2, 0) is 0 Å². The fourth-order valence-corrected chi connectivity index (χ4v) is 1.90. The summed E-state index contributed by atoms with van der Waals surface area (Å²) >= 11 is 6.07. The molecule has 0 radical (unpaired) electrons.